The van der Waals surface area contributed by atoms with Gasteiger partial charge in [0.25, 0.3) is 0 Å². The van der Waals surface area contributed by atoms with E-state index in [1.807, 2.05) is 39.1 Å². The molecule has 1 atom stereocenters. The maximum absolute atomic E-state index is 11.5. The van der Waals surface area contributed by atoms with E-state index in [0.717, 1.165) is 24.9 Å². The molecule has 0 aliphatic rings. The molecular formula is C16H27N3O2. The summed E-state index contributed by atoms with van der Waals surface area (Å²) in [5, 5.41) is 6.26. The first-order chi connectivity index (χ1) is 9.90. The van der Waals surface area contributed by atoms with E-state index in [9.17, 15) is 4.79 Å². The molecule has 0 aliphatic heterocycles. The van der Waals surface area contributed by atoms with Crippen LogP contribution in [0.25, 0.3) is 0 Å². The molecule has 0 fully saturated rings. The Balaban J connectivity index is 2.24. The van der Waals surface area contributed by atoms with Gasteiger partial charge < -0.3 is 15.4 Å². The molecule has 118 valence electrons. The van der Waals surface area contributed by atoms with Crippen molar-refractivity contribution in [3.63, 3.8) is 0 Å². The molecule has 0 radical (unpaired) electrons. The largest absolute Gasteiger partial charge is 0.444 e. The smallest absolute Gasteiger partial charge is 0.407 e. The van der Waals surface area contributed by atoms with E-state index in [2.05, 4.69) is 22.5 Å². The van der Waals surface area contributed by atoms with E-state index >= 15 is 0 Å². The number of alkyl carbamates (subject to hydrolysis) is 1. The van der Waals surface area contributed by atoms with Crippen molar-refractivity contribution < 1.29 is 9.53 Å². The molecule has 1 aromatic heterocycles. The van der Waals surface area contributed by atoms with Crippen molar-refractivity contribution >= 4 is 6.09 Å². The summed E-state index contributed by atoms with van der Waals surface area (Å²) in [4.78, 5) is 15.6. The molecule has 21 heavy (non-hydrogen) atoms. The van der Waals surface area contributed by atoms with Gasteiger partial charge in [-0.2, -0.15) is 0 Å². The van der Waals surface area contributed by atoms with Gasteiger partial charge in [0.2, 0.25) is 0 Å². The Morgan fingerprint density at radius 1 is 1.43 bits per heavy atom. The number of nitrogens with zero attached hydrogens (tertiary/aromatic N) is 1. The standard InChI is InChI=1S/C16H27N3O2/c1-5-14(19-12-13-7-6-9-17-11-13)8-10-18-15(20)21-16(2,3)4/h6-7,9,11,14,19H,5,8,10,12H2,1-4H3,(H,18,20). The first-order valence-corrected chi connectivity index (χ1v) is 7.50. The summed E-state index contributed by atoms with van der Waals surface area (Å²) >= 11 is 0. The highest BCUT2D eigenvalue weighted by Gasteiger charge is 2.16. The third-order valence-electron chi connectivity index (χ3n) is 2.97. The Hall–Kier alpha value is -1.62. The number of hydrogen-bond donors (Lipinski definition) is 2. The van der Waals surface area contributed by atoms with Gasteiger partial charge in [-0.15, -0.1) is 0 Å². The van der Waals surface area contributed by atoms with Crippen LogP contribution in [0, 0.1) is 0 Å². The number of aromatic nitrogens is 1. The van der Waals surface area contributed by atoms with Crippen LogP contribution < -0.4 is 10.6 Å². The number of ether oxygens (including phenoxy) is 1. The number of pyridine rings is 1. The summed E-state index contributed by atoms with van der Waals surface area (Å²) in [5.41, 5.74) is 0.711. The van der Waals surface area contributed by atoms with Crippen molar-refractivity contribution in [1.29, 1.82) is 0 Å². The van der Waals surface area contributed by atoms with Crippen molar-refractivity contribution in [1.82, 2.24) is 15.6 Å². The van der Waals surface area contributed by atoms with Crippen molar-refractivity contribution in [2.75, 3.05) is 6.54 Å². The Morgan fingerprint density at radius 3 is 2.76 bits per heavy atom. The summed E-state index contributed by atoms with van der Waals surface area (Å²) in [6, 6.07) is 4.34. The summed E-state index contributed by atoms with van der Waals surface area (Å²) in [6.07, 6.45) is 5.15. The first kappa shape index (κ1) is 17.4. The maximum atomic E-state index is 11.5. The van der Waals surface area contributed by atoms with E-state index in [-0.39, 0.29) is 6.09 Å². The third kappa shape index (κ3) is 8.30. The zero-order chi connectivity index (χ0) is 15.7. The van der Waals surface area contributed by atoms with Crippen LogP contribution in [0.1, 0.15) is 46.1 Å². The molecule has 5 nitrogen and oxygen atoms in total. The lowest BCUT2D eigenvalue weighted by Crippen LogP contribution is -2.36. The predicted octanol–water partition coefficient (Wildman–Crippen LogP) is 2.86. The Bertz CT molecular complexity index is 415. The second-order valence-corrected chi connectivity index (χ2v) is 6.06. The van der Waals surface area contributed by atoms with Gasteiger partial charge in [0, 0.05) is 31.5 Å². The molecule has 0 aromatic carbocycles. The molecule has 0 saturated heterocycles. The van der Waals surface area contributed by atoms with Gasteiger partial charge in [0.15, 0.2) is 0 Å². The zero-order valence-electron chi connectivity index (χ0n) is 13.5. The number of rotatable bonds is 7. The average Bonchev–Trinajstić information content (AvgIpc) is 2.41. The maximum Gasteiger partial charge on any atom is 0.407 e. The average molecular weight is 293 g/mol. The fourth-order valence-corrected chi connectivity index (χ4v) is 1.88. The second-order valence-electron chi connectivity index (χ2n) is 6.06. The molecule has 2 N–H and O–H groups in total. The van der Waals surface area contributed by atoms with Crippen LogP contribution >= 0.6 is 0 Å². The SMILES string of the molecule is CCC(CCNC(=O)OC(C)(C)C)NCc1cccnc1. The highest BCUT2D eigenvalue weighted by Crippen LogP contribution is 2.06. The number of nitrogens with one attached hydrogen (secondary N) is 2. The molecule has 1 aromatic rings. The Morgan fingerprint density at radius 2 is 2.19 bits per heavy atom. The Kier molecular flexibility index (Phi) is 7.15. The number of carbonyl (C=O) groups excluding carboxylic acids is 1. The minimum atomic E-state index is -0.452. The first-order valence-electron chi connectivity index (χ1n) is 7.50. The van der Waals surface area contributed by atoms with Gasteiger partial charge >= 0.3 is 6.09 Å². The number of hydrogen-bond acceptors (Lipinski definition) is 4. The summed E-state index contributed by atoms with van der Waals surface area (Å²) < 4.78 is 5.20. The lowest BCUT2D eigenvalue weighted by molar-refractivity contribution is 0.0526. The molecular weight excluding hydrogens is 266 g/mol. The quantitative estimate of drug-likeness (QED) is 0.811. The van der Waals surface area contributed by atoms with Gasteiger partial charge in [-0.1, -0.05) is 13.0 Å². The molecule has 0 spiro atoms. The van der Waals surface area contributed by atoms with Gasteiger partial charge in [-0.25, -0.2) is 4.79 Å². The van der Waals surface area contributed by atoms with Crippen molar-refractivity contribution in [3.8, 4) is 0 Å². The van der Waals surface area contributed by atoms with E-state index < -0.39 is 5.60 Å². The van der Waals surface area contributed by atoms with Crippen LogP contribution in [0.15, 0.2) is 24.5 Å². The molecule has 1 heterocycles. The van der Waals surface area contributed by atoms with Crippen LogP contribution in [0.3, 0.4) is 0 Å². The van der Waals surface area contributed by atoms with E-state index in [1.165, 1.54) is 0 Å². The predicted molar refractivity (Wildman–Crippen MR) is 84.0 cm³/mol. The van der Waals surface area contributed by atoms with Crippen molar-refractivity contribution in [2.45, 2.75) is 58.7 Å². The second kappa shape index (κ2) is 8.62. The van der Waals surface area contributed by atoms with Crippen LogP contribution in [0.2, 0.25) is 0 Å². The van der Waals surface area contributed by atoms with Crippen LogP contribution in [0.5, 0.6) is 0 Å². The van der Waals surface area contributed by atoms with E-state index in [4.69, 9.17) is 4.74 Å². The molecule has 1 amide bonds. The van der Waals surface area contributed by atoms with Gasteiger partial charge in [0.05, 0.1) is 0 Å². The molecule has 5 heteroatoms. The molecule has 1 unspecified atom stereocenters. The van der Waals surface area contributed by atoms with Crippen LogP contribution in [-0.4, -0.2) is 29.3 Å². The zero-order valence-corrected chi connectivity index (χ0v) is 13.5. The molecule has 0 bridgehead atoms. The van der Waals surface area contributed by atoms with Gasteiger partial charge in [0.1, 0.15) is 5.60 Å². The van der Waals surface area contributed by atoms with E-state index in [1.54, 1.807) is 6.20 Å². The highest BCUT2D eigenvalue weighted by molar-refractivity contribution is 5.67. The lowest BCUT2D eigenvalue weighted by Gasteiger charge is -2.21. The van der Waals surface area contributed by atoms with E-state index in [0.29, 0.717) is 12.6 Å². The lowest BCUT2D eigenvalue weighted by atomic mass is 10.1. The normalized spacial score (nSPS) is 12.8. The van der Waals surface area contributed by atoms with Gasteiger partial charge in [-0.3, -0.25) is 4.98 Å². The molecule has 1 rings (SSSR count). The Labute approximate surface area is 127 Å². The van der Waals surface area contributed by atoms with Crippen molar-refractivity contribution in [2.24, 2.45) is 0 Å². The topological polar surface area (TPSA) is 63.2 Å². The molecule has 0 saturated carbocycles. The fourth-order valence-electron chi connectivity index (χ4n) is 1.88. The van der Waals surface area contributed by atoms with Crippen LogP contribution in [0.4, 0.5) is 4.79 Å². The number of carbonyl (C=O) groups is 1. The van der Waals surface area contributed by atoms with Crippen LogP contribution in [-0.2, 0) is 11.3 Å². The molecule has 0 aliphatic carbocycles. The summed E-state index contributed by atoms with van der Waals surface area (Å²) in [5.74, 6) is 0. The fraction of sp³-hybridized carbons (Fsp3) is 0.625. The minimum Gasteiger partial charge on any atom is -0.444 e. The summed E-state index contributed by atoms with van der Waals surface area (Å²) in [6.45, 7) is 9.10. The monoisotopic (exact) mass is 293 g/mol. The minimum absolute atomic E-state index is 0.357. The third-order valence-corrected chi connectivity index (χ3v) is 2.97. The highest BCUT2D eigenvalue weighted by atomic mass is 16.6. The number of amides is 1. The van der Waals surface area contributed by atoms with Gasteiger partial charge in [-0.05, 0) is 45.2 Å². The summed E-state index contributed by atoms with van der Waals surface area (Å²) in [7, 11) is 0. The van der Waals surface area contributed by atoms with Crippen molar-refractivity contribution in [3.05, 3.63) is 30.1 Å².